The summed E-state index contributed by atoms with van der Waals surface area (Å²) in [5, 5.41) is 10.4. The molecular weight excluding hydrogens is 322 g/mol. The van der Waals surface area contributed by atoms with E-state index >= 15 is 0 Å². The summed E-state index contributed by atoms with van der Waals surface area (Å²) in [6.45, 7) is 4.32. The largest absolute Gasteiger partial charge is 0.310 e. The molecule has 6 heteroatoms. The normalized spacial score (nSPS) is 49.1. The van der Waals surface area contributed by atoms with E-state index in [4.69, 9.17) is 4.84 Å². The number of nitrogens with zero attached hydrogens (tertiary/aromatic N) is 1. The topological polar surface area (TPSA) is 86.5 Å². The van der Waals surface area contributed by atoms with Crippen LogP contribution in [0.4, 0.5) is 0 Å². The van der Waals surface area contributed by atoms with Crippen LogP contribution >= 0.6 is 0 Å². The molecule has 0 saturated heterocycles. The Morgan fingerprint density at radius 3 is 2.56 bits per heavy atom. The van der Waals surface area contributed by atoms with Crippen molar-refractivity contribution in [3.05, 3.63) is 10.1 Å². The van der Waals surface area contributed by atoms with Gasteiger partial charge in [0.05, 0.1) is 0 Å². The van der Waals surface area contributed by atoms with Crippen LogP contribution in [0.1, 0.15) is 65.2 Å². The Kier molecular flexibility index (Phi) is 3.75. The summed E-state index contributed by atoms with van der Waals surface area (Å²) in [6.07, 6.45) is 5.35. The third-order valence-electron chi connectivity index (χ3n) is 8.41. The Morgan fingerprint density at radius 1 is 1.08 bits per heavy atom. The van der Waals surface area contributed by atoms with E-state index < -0.39 is 11.2 Å². The Labute approximate surface area is 147 Å². The second-order valence-corrected chi connectivity index (χ2v) is 9.25. The molecule has 4 aliphatic rings. The summed E-state index contributed by atoms with van der Waals surface area (Å²) in [4.78, 5) is 40.7. The Bertz CT molecular complexity index is 633. The van der Waals surface area contributed by atoms with Crippen LogP contribution in [0.15, 0.2) is 0 Å². The second-order valence-electron chi connectivity index (χ2n) is 9.25. The molecule has 0 aromatic carbocycles. The number of fused-ring (bicyclic) bond motifs is 5. The Hall–Kier alpha value is -1.46. The van der Waals surface area contributed by atoms with Crippen LogP contribution in [0, 0.1) is 44.6 Å². The molecule has 0 spiro atoms. The molecule has 0 bridgehead atoms. The molecule has 0 aromatic heterocycles. The van der Waals surface area contributed by atoms with Crippen LogP contribution in [-0.2, 0) is 14.4 Å². The number of ketones is 2. The van der Waals surface area contributed by atoms with Crippen molar-refractivity contribution in [2.24, 2.45) is 34.5 Å². The van der Waals surface area contributed by atoms with Gasteiger partial charge in [0.2, 0.25) is 0 Å². The lowest BCUT2D eigenvalue weighted by molar-refractivity contribution is -0.772. The molecule has 4 rings (SSSR count). The third kappa shape index (κ3) is 2.36. The molecule has 6 nitrogen and oxygen atoms in total. The monoisotopic (exact) mass is 349 g/mol. The van der Waals surface area contributed by atoms with E-state index in [1.165, 1.54) is 0 Å². The second kappa shape index (κ2) is 5.52. The van der Waals surface area contributed by atoms with E-state index in [9.17, 15) is 19.7 Å². The minimum Gasteiger partial charge on any atom is -0.310 e. The maximum Gasteiger partial charge on any atom is 0.294 e. The first-order valence-corrected chi connectivity index (χ1v) is 9.62. The smallest absolute Gasteiger partial charge is 0.294 e. The minimum atomic E-state index is -0.688. The van der Waals surface area contributed by atoms with Gasteiger partial charge < -0.3 is 4.84 Å². The quantitative estimate of drug-likeness (QED) is 0.563. The number of rotatable bonds is 2. The van der Waals surface area contributed by atoms with Crippen molar-refractivity contribution in [2.75, 3.05) is 0 Å². The van der Waals surface area contributed by atoms with Crippen molar-refractivity contribution in [3.63, 3.8) is 0 Å². The van der Waals surface area contributed by atoms with Crippen LogP contribution in [0.25, 0.3) is 0 Å². The van der Waals surface area contributed by atoms with E-state index in [0.29, 0.717) is 49.2 Å². The van der Waals surface area contributed by atoms with Gasteiger partial charge >= 0.3 is 0 Å². The van der Waals surface area contributed by atoms with Gasteiger partial charge in [-0.05, 0) is 61.2 Å². The predicted octanol–water partition coefficient (Wildman–Crippen LogP) is 3.35. The average molecular weight is 349 g/mol. The summed E-state index contributed by atoms with van der Waals surface area (Å²) in [5.41, 5.74) is -0.349. The molecule has 25 heavy (non-hydrogen) atoms. The van der Waals surface area contributed by atoms with E-state index in [2.05, 4.69) is 13.8 Å². The van der Waals surface area contributed by atoms with Crippen LogP contribution < -0.4 is 0 Å². The molecule has 0 radical (unpaired) electrons. The third-order valence-corrected chi connectivity index (χ3v) is 8.41. The maximum atomic E-state index is 12.5. The van der Waals surface area contributed by atoms with Crippen molar-refractivity contribution >= 4 is 11.6 Å². The molecule has 4 aliphatic carbocycles. The van der Waals surface area contributed by atoms with E-state index in [1.807, 2.05) is 0 Å². The first-order chi connectivity index (χ1) is 11.8. The summed E-state index contributed by atoms with van der Waals surface area (Å²) >= 11 is 0. The first kappa shape index (κ1) is 17.0. The summed E-state index contributed by atoms with van der Waals surface area (Å²) in [7, 11) is 0. The molecule has 7 atom stereocenters. The number of hydrogen-bond donors (Lipinski definition) is 0. The van der Waals surface area contributed by atoms with Gasteiger partial charge in [-0.25, -0.2) is 0 Å². The molecule has 0 aromatic rings. The standard InChI is InChI=1S/C19H27NO5/c1-18-7-5-11(21)9-15(18)16(25-20(23)24)10-12-13-3-4-17(22)19(13,2)8-6-14(12)18/h12-16H,3-10H2,1-2H3/t12?,13?,14?,15?,16-,18+,19-/m0/s1. The number of Topliss-reactive ketones (excluding diaryl/α,β-unsaturated/α-hetero) is 2. The number of carbonyl (C=O) groups excluding carboxylic acids is 2. The van der Waals surface area contributed by atoms with Crippen LogP contribution in [0.2, 0.25) is 0 Å². The lowest BCUT2D eigenvalue weighted by Gasteiger charge is -2.60. The fourth-order valence-corrected chi connectivity index (χ4v) is 7.06. The summed E-state index contributed by atoms with van der Waals surface area (Å²) < 4.78 is 0. The Balaban J connectivity index is 1.71. The van der Waals surface area contributed by atoms with Crippen molar-refractivity contribution in [1.82, 2.24) is 0 Å². The maximum absolute atomic E-state index is 12.5. The van der Waals surface area contributed by atoms with E-state index in [1.54, 1.807) is 0 Å². The zero-order valence-corrected chi connectivity index (χ0v) is 15.0. The van der Waals surface area contributed by atoms with Crippen molar-refractivity contribution < 1.29 is 19.5 Å². The highest BCUT2D eigenvalue weighted by Gasteiger charge is 2.62. The van der Waals surface area contributed by atoms with Gasteiger partial charge in [0.1, 0.15) is 17.7 Å². The number of carbonyl (C=O) groups is 2. The van der Waals surface area contributed by atoms with Crippen LogP contribution in [0.3, 0.4) is 0 Å². The molecule has 4 saturated carbocycles. The van der Waals surface area contributed by atoms with Crippen molar-refractivity contribution in [3.8, 4) is 0 Å². The highest BCUT2D eigenvalue weighted by molar-refractivity contribution is 5.87. The molecule has 0 N–H and O–H groups in total. The predicted molar refractivity (Wildman–Crippen MR) is 89.0 cm³/mol. The van der Waals surface area contributed by atoms with Gasteiger partial charge in [0.15, 0.2) is 0 Å². The zero-order valence-electron chi connectivity index (χ0n) is 15.0. The zero-order chi connectivity index (χ0) is 18.0. The molecular formula is C19H27NO5. The average Bonchev–Trinajstić information content (AvgIpc) is 2.84. The SMILES string of the molecule is C[C@]12CCC(=O)CC1[C@@H](O[N+](=O)[O-])CC1C2CC[C@]2(C)C(=O)CCC12. The van der Waals surface area contributed by atoms with Gasteiger partial charge in [0, 0.05) is 24.7 Å². The van der Waals surface area contributed by atoms with E-state index in [0.717, 1.165) is 25.7 Å². The number of hydrogen-bond acceptors (Lipinski definition) is 5. The van der Waals surface area contributed by atoms with Crippen LogP contribution in [-0.4, -0.2) is 22.8 Å². The van der Waals surface area contributed by atoms with E-state index in [-0.39, 0.29) is 22.5 Å². The summed E-state index contributed by atoms with van der Waals surface area (Å²) in [6, 6.07) is 0. The Morgan fingerprint density at radius 2 is 1.84 bits per heavy atom. The van der Waals surface area contributed by atoms with Crippen molar-refractivity contribution in [2.45, 2.75) is 71.3 Å². The molecule has 0 amide bonds. The lowest BCUT2D eigenvalue weighted by Crippen LogP contribution is -2.58. The van der Waals surface area contributed by atoms with Gasteiger partial charge in [-0.1, -0.05) is 13.8 Å². The fraction of sp³-hybridized carbons (Fsp3) is 0.895. The summed E-state index contributed by atoms with van der Waals surface area (Å²) in [5.74, 6) is 1.56. The molecule has 138 valence electrons. The fourth-order valence-electron chi connectivity index (χ4n) is 7.06. The van der Waals surface area contributed by atoms with Crippen LogP contribution in [0.5, 0.6) is 0 Å². The minimum absolute atomic E-state index is 0.0677. The van der Waals surface area contributed by atoms with Gasteiger partial charge in [0.25, 0.3) is 5.09 Å². The lowest BCUT2D eigenvalue weighted by atomic mass is 9.44. The highest BCUT2D eigenvalue weighted by Crippen LogP contribution is 2.65. The van der Waals surface area contributed by atoms with Gasteiger partial charge in [-0.2, -0.15) is 0 Å². The molecule has 4 fully saturated rings. The molecule has 4 unspecified atom stereocenters. The van der Waals surface area contributed by atoms with Gasteiger partial charge in [-0.15, -0.1) is 10.1 Å². The molecule has 0 heterocycles. The first-order valence-electron chi connectivity index (χ1n) is 9.62. The molecule has 0 aliphatic heterocycles. The highest BCUT2D eigenvalue weighted by atomic mass is 17.0. The van der Waals surface area contributed by atoms with Gasteiger partial charge in [-0.3, -0.25) is 9.59 Å². The van der Waals surface area contributed by atoms with Crippen molar-refractivity contribution in [1.29, 1.82) is 0 Å².